The van der Waals surface area contributed by atoms with Crippen LogP contribution >= 0.6 is 69.6 Å². The highest BCUT2D eigenvalue weighted by Gasteiger charge is 2.26. The molecular weight excluding hydrogens is 901 g/mol. The van der Waals surface area contributed by atoms with Crippen LogP contribution in [0.4, 0.5) is 34.1 Å². The molecule has 306 valence electrons. The van der Waals surface area contributed by atoms with Gasteiger partial charge in [-0.25, -0.2) is 0 Å². The highest BCUT2D eigenvalue weighted by Crippen LogP contribution is 2.34. The van der Waals surface area contributed by atoms with Gasteiger partial charge in [0.05, 0.1) is 52.6 Å². The summed E-state index contributed by atoms with van der Waals surface area (Å²) >= 11 is 37.3. The SMILES string of the molecule is CC(=O)C(N=Nc1cccc(C(=O)Nc2cccc(Cl)c2Cl)c1Cl)C(=O)Nc1ccc(NC(=O)C(N=Nc2cccc(C(=O)Nc3cccc(Cl)c3Cl)c2Cl)C(C)=O)cc1. The molecule has 2 unspecified atom stereocenters. The molecule has 0 spiro atoms. The first kappa shape index (κ1) is 45.3. The van der Waals surface area contributed by atoms with Crippen LogP contribution in [0.15, 0.2) is 118 Å². The molecular formula is C40H28Cl6N8O6. The summed E-state index contributed by atoms with van der Waals surface area (Å²) in [6, 6.07) is 20.6. The number of halogens is 6. The Morgan fingerprint density at radius 2 is 0.800 bits per heavy atom. The summed E-state index contributed by atoms with van der Waals surface area (Å²) in [5.41, 5.74) is 0.961. The standard InChI is InChI=1S/C40H28Cl6N8O6/c1-19(55)35(53-51-29-13-3-7-23(31(29)43)37(57)49-27-11-5-9-25(41)33(27)45)39(59)47-21-15-17-22(18-16-21)48-40(60)36(20(2)56)54-52-30-14-4-8-24(32(30)44)38(58)50-28-12-6-10-26(42)34(28)46/h3-18,35-36H,1-2H3,(H,47,59)(H,48,60)(H,49,57)(H,50,58). The van der Waals surface area contributed by atoms with Gasteiger partial charge in [0, 0.05) is 11.4 Å². The number of ketones is 2. The van der Waals surface area contributed by atoms with E-state index >= 15 is 0 Å². The van der Waals surface area contributed by atoms with Crippen molar-refractivity contribution < 1.29 is 28.8 Å². The Morgan fingerprint density at radius 3 is 1.15 bits per heavy atom. The van der Waals surface area contributed by atoms with Crippen LogP contribution in [0.5, 0.6) is 0 Å². The fourth-order valence-electron chi connectivity index (χ4n) is 5.06. The number of carbonyl (C=O) groups is 6. The zero-order valence-electron chi connectivity index (χ0n) is 30.9. The molecule has 5 aromatic rings. The van der Waals surface area contributed by atoms with E-state index in [-0.39, 0.29) is 75.4 Å². The first-order valence-corrected chi connectivity index (χ1v) is 19.4. The number of hydrogen-bond acceptors (Lipinski definition) is 10. The van der Waals surface area contributed by atoms with Crippen molar-refractivity contribution in [3.8, 4) is 0 Å². The molecule has 0 aromatic heterocycles. The lowest BCUT2D eigenvalue weighted by Crippen LogP contribution is -2.32. The van der Waals surface area contributed by atoms with Gasteiger partial charge in [0.25, 0.3) is 23.6 Å². The van der Waals surface area contributed by atoms with Crippen molar-refractivity contribution in [2.75, 3.05) is 21.3 Å². The molecule has 5 aromatic carbocycles. The monoisotopic (exact) mass is 926 g/mol. The second-order valence-electron chi connectivity index (χ2n) is 12.4. The lowest BCUT2D eigenvalue weighted by atomic mass is 10.1. The Morgan fingerprint density at radius 1 is 0.450 bits per heavy atom. The Kier molecular flexibility index (Phi) is 15.5. The molecule has 60 heavy (non-hydrogen) atoms. The summed E-state index contributed by atoms with van der Waals surface area (Å²) in [6.07, 6.45) is 0. The summed E-state index contributed by atoms with van der Waals surface area (Å²) in [4.78, 5) is 77.1. The maximum atomic E-state index is 13.1. The minimum Gasteiger partial charge on any atom is -0.324 e. The van der Waals surface area contributed by atoms with E-state index in [2.05, 4.69) is 41.7 Å². The van der Waals surface area contributed by atoms with Gasteiger partial charge in [-0.05, 0) is 86.6 Å². The number of carbonyl (C=O) groups excluding carboxylic acids is 6. The van der Waals surface area contributed by atoms with Crippen molar-refractivity contribution in [3.05, 3.63) is 138 Å². The van der Waals surface area contributed by atoms with Crippen molar-refractivity contribution >= 4 is 139 Å². The number of amides is 4. The maximum Gasteiger partial charge on any atom is 0.258 e. The van der Waals surface area contributed by atoms with E-state index < -0.39 is 47.3 Å². The first-order valence-electron chi connectivity index (χ1n) is 17.2. The molecule has 0 bridgehead atoms. The maximum absolute atomic E-state index is 13.1. The number of hydrogen-bond donors (Lipinski definition) is 4. The van der Waals surface area contributed by atoms with Gasteiger partial charge < -0.3 is 21.3 Å². The molecule has 0 aliphatic carbocycles. The number of nitrogens with zero attached hydrogens (tertiary/aromatic N) is 4. The van der Waals surface area contributed by atoms with Gasteiger partial charge in [-0.1, -0.05) is 93.9 Å². The molecule has 4 amide bonds. The minimum atomic E-state index is -1.60. The van der Waals surface area contributed by atoms with Crippen molar-refractivity contribution in [2.45, 2.75) is 25.9 Å². The summed E-state index contributed by atoms with van der Waals surface area (Å²) in [7, 11) is 0. The van der Waals surface area contributed by atoms with Crippen LogP contribution in [0.1, 0.15) is 34.6 Å². The highest BCUT2D eigenvalue weighted by atomic mass is 35.5. The number of Topliss-reactive ketones (excluding diaryl/α,β-unsaturated/α-hetero) is 2. The number of azo groups is 2. The molecule has 0 heterocycles. The van der Waals surface area contributed by atoms with Gasteiger partial charge in [-0.3, -0.25) is 28.8 Å². The summed E-state index contributed by atoms with van der Waals surface area (Å²) < 4.78 is 0. The summed E-state index contributed by atoms with van der Waals surface area (Å²) in [6.45, 7) is 2.29. The number of rotatable bonds is 14. The van der Waals surface area contributed by atoms with Crippen molar-refractivity contribution in [2.24, 2.45) is 20.5 Å². The van der Waals surface area contributed by atoms with E-state index in [1.807, 2.05) is 0 Å². The third-order valence-electron chi connectivity index (χ3n) is 8.09. The van der Waals surface area contributed by atoms with Crippen LogP contribution in [0, 0.1) is 0 Å². The molecule has 20 heteroatoms. The Hall–Kier alpha value is -5.74. The van der Waals surface area contributed by atoms with Crippen LogP contribution in [-0.4, -0.2) is 47.3 Å². The molecule has 4 N–H and O–H groups in total. The van der Waals surface area contributed by atoms with Gasteiger partial charge in [-0.15, -0.1) is 0 Å². The third kappa shape index (κ3) is 11.3. The van der Waals surface area contributed by atoms with Crippen LogP contribution in [0.2, 0.25) is 30.1 Å². The zero-order valence-corrected chi connectivity index (χ0v) is 35.4. The van der Waals surface area contributed by atoms with Gasteiger partial charge in [0.15, 0.2) is 11.6 Å². The average molecular weight is 929 g/mol. The Balaban J connectivity index is 1.22. The normalized spacial score (nSPS) is 12.1. The lowest BCUT2D eigenvalue weighted by Gasteiger charge is -2.12. The summed E-state index contributed by atoms with van der Waals surface area (Å²) in [5.74, 6) is -4.23. The second kappa shape index (κ2) is 20.5. The van der Waals surface area contributed by atoms with Gasteiger partial charge in [0.2, 0.25) is 12.1 Å². The van der Waals surface area contributed by atoms with E-state index in [1.54, 1.807) is 36.4 Å². The fourth-order valence-corrected chi connectivity index (χ4v) is 6.25. The van der Waals surface area contributed by atoms with Gasteiger partial charge >= 0.3 is 0 Å². The van der Waals surface area contributed by atoms with E-state index in [4.69, 9.17) is 69.6 Å². The fraction of sp³-hybridized carbons (Fsp3) is 0.100. The summed E-state index contributed by atoms with van der Waals surface area (Å²) in [5, 5.41) is 26.6. The van der Waals surface area contributed by atoms with Crippen molar-refractivity contribution in [3.63, 3.8) is 0 Å². The number of anilines is 4. The number of nitrogens with one attached hydrogen (secondary N) is 4. The lowest BCUT2D eigenvalue weighted by molar-refractivity contribution is -0.127. The zero-order chi connectivity index (χ0) is 43.7. The van der Waals surface area contributed by atoms with E-state index in [0.717, 1.165) is 13.8 Å². The van der Waals surface area contributed by atoms with Crippen LogP contribution < -0.4 is 21.3 Å². The Bertz CT molecular complexity index is 2410. The molecule has 0 fully saturated rings. The average Bonchev–Trinajstić information content (AvgIpc) is 3.20. The quantitative estimate of drug-likeness (QED) is 0.0630. The topological polar surface area (TPSA) is 200 Å². The predicted molar refractivity (Wildman–Crippen MR) is 233 cm³/mol. The predicted octanol–water partition coefficient (Wildman–Crippen LogP) is 11.5. The highest BCUT2D eigenvalue weighted by molar-refractivity contribution is 6.45. The van der Waals surface area contributed by atoms with Crippen molar-refractivity contribution in [1.82, 2.24) is 0 Å². The molecule has 2 atom stereocenters. The Labute approximate surface area is 371 Å². The molecule has 0 saturated carbocycles. The molecule has 14 nitrogen and oxygen atoms in total. The number of benzene rings is 5. The second-order valence-corrected chi connectivity index (χ2v) is 14.7. The van der Waals surface area contributed by atoms with E-state index in [9.17, 15) is 28.8 Å². The third-order valence-corrected chi connectivity index (χ3v) is 10.5. The molecule has 0 aliphatic heterocycles. The molecule has 0 radical (unpaired) electrons. The van der Waals surface area contributed by atoms with Gasteiger partial charge in [0.1, 0.15) is 11.4 Å². The van der Waals surface area contributed by atoms with Crippen molar-refractivity contribution in [1.29, 1.82) is 0 Å². The molecule has 0 saturated heterocycles. The largest absolute Gasteiger partial charge is 0.324 e. The van der Waals surface area contributed by atoms with Crippen LogP contribution in [-0.2, 0) is 19.2 Å². The smallest absolute Gasteiger partial charge is 0.258 e. The van der Waals surface area contributed by atoms with E-state index in [1.165, 1.54) is 60.7 Å². The molecule has 0 aliphatic rings. The van der Waals surface area contributed by atoms with Gasteiger partial charge in [-0.2, -0.15) is 20.5 Å². The minimum absolute atomic E-state index is 0.00348. The van der Waals surface area contributed by atoms with Crippen LogP contribution in [0.3, 0.4) is 0 Å². The molecule has 5 rings (SSSR count). The van der Waals surface area contributed by atoms with E-state index in [0.29, 0.717) is 0 Å². The first-order chi connectivity index (χ1) is 28.5. The van der Waals surface area contributed by atoms with Crippen LogP contribution in [0.25, 0.3) is 0 Å².